The van der Waals surface area contributed by atoms with Gasteiger partial charge in [0.05, 0.1) is 6.10 Å². The van der Waals surface area contributed by atoms with Gasteiger partial charge in [-0.1, -0.05) is 62.3 Å². The topological polar surface area (TPSA) is 39.7 Å². The molecule has 0 saturated carbocycles. The zero-order valence-corrected chi connectivity index (χ0v) is 22.8. The van der Waals surface area contributed by atoms with Crippen LogP contribution in [0.4, 0.5) is 0 Å². The van der Waals surface area contributed by atoms with Gasteiger partial charge in [-0.15, -0.1) is 0 Å². The number of ether oxygens (including phenoxy) is 3. The normalized spacial score (nSPS) is 10.9. The van der Waals surface area contributed by atoms with E-state index < -0.39 is 0 Å². The highest BCUT2D eigenvalue weighted by molar-refractivity contribution is 4.42. The van der Waals surface area contributed by atoms with E-state index in [0.29, 0.717) is 12.0 Å². The molecule has 1 unspecified atom stereocenters. The number of hydrogen-bond acceptors (Lipinski definition) is 4. The Morgan fingerprint density at radius 3 is 1.33 bits per heavy atom. The van der Waals surface area contributed by atoms with Crippen molar-refractivity contribution >= 4 is 0 Å². The van der Waals surface area contributed by atoms with Crippen molar-refractivity contribution in [2.75, 3.05) is 46.1 Å². The van der Waals surface area contributed by atoms with Crippen LogP contribution in [0.3, 0.4) is 0 Å². The average molecular weight is 436 g/mol. The molecule has 4 heteroatoms. The molecule has 0 amide bonds. The van der Waals surface area contributed by atoms with Crippen LogP contribution in [-0.4, -0.2) is 52.2 Å². The van der Waals surface area contributed by atoms with Gasteiger partial charge in [0.25, 0.3) is 0 Å². The second kappa shape index (κ2) is 39.3. The van der Waals surface area contributed by atoms with Crippen LogP contribution in [0.2, 0.25) is 0 Å². The van der Waals surface area contributed by atoms with E-state index in [-0.39, 0.29) is 0 Å². The van der Waals surface area contributed by atoms with E-state index in [4.69, 9.17) is 14.2 Å². The van der Waals surface area contributed by atoms with Crippen LogP contribution in [0.5, 0.6) is 0 Å². The molecule has 0 aromatic heterocycles. The van der Waals surface area contributed by atoms with E-state index in [1.54, 1.807) is 0 Å². The number of rotatable bonds is 16. The highest BCUT2D eigenvalue weighted by Gasteiger charge is 1.93. The van der Waals surface area contributed by atoms with Gasteiger partial charge in [0.15, 0.2) is 0 Å². The highest BCUT2D eigenvalue weighted by atomic mass is 16.5. The predicted molar refractivity (Wildman–Crippen MR) is 137 cm³/mol. The van der Waals surface area contributed by atoms with Crippen molar-refractivity contribution in [1.29, 1.82) is 0 Å². The first kappa shape index (κ1) is 37.2. The number of nitrogens with one attached hydrogen (secondary N) is 1. The summed E-state index contributed by atoms with van der Waals surface area (Å²) in [5.74, 6) is 0.682. The van der Waals surface area contributed by atoms with Gasteiger partial charge in [-0.25, -0.2) is 0 Å². The summed E-state index contributed by atoms with van der Waals surface area (Å²) in [5.41, 5.74) is 0. The molecule has 4 nitrogen and oxygen atoms in total. The molecule has 0 aliphatic heterocycles. The van der Waals surface area contributed by atoms with Crippen molar-refractivity contribution in [3.63, 3.8) is 0 Å². The molecule has 0 aliphatic carbocycles. The summed E-state index contributed by atoms with van der Waals surface area (Å²) in [6.07, 6.45) is 8.62. The van der Waals surface area contributed by atoms with Crippen molar-refractivity contribution in [1.82, 2.24) is 5.32 Å². The molecule has 0 rings (SSSR count). The smallest absolute Gasteiger partial charge is 0.0544 e. The lowest BCUT2D eigenvalue weighted by Gasteiger charge is -2.07. The summed E-state index contributed by atoms with van der Waals surface area (Å²) >= 11 is 0. The zero-order valence-electron chi connectivity index (χ0n) is 22.8. The SMILES string of the molecule is CCCNCCC.CCCOC(C)CC.CCCOCC(C)C.CCCOCCC. The molecule has 0 radical (unpaired) electrons. The Labute approximate surface area is 192 Å². The molecule has 188 valence electrons. The molecule has 0 fully saturated rings. The molecule has 30 heavy (non-hydrogen) atoms. The zero-order chi connectivity index (χ0) is 23.9. The lowest BCUT2D eigenvalue weighted by Crippen LogP contribution is -2.14. The summed E-state index contributed by atoms with van der Waals surface area (Å²) in [6.45, 7) is 28.4. The van der Waals surface area contributed by atoms with Gasteiger partial charge in [0, 0.05) is 33.0 Å². The summed E-state index contributed by atoms with van der Waals surface area (Å²) in [6, 6.07) is 0. The Kier molecular flexibility index (Phi) is 48.7. The second-order valence-corrected chi connectivity index (χ2v) is 7.92. The lowest BCUT2D eigenvalue weighted by molar-refractivity contribution is 0.0642. The van der Waals surface area contributed by atoms with Crippen molar-refractivity contribution in [2.24, 2.45) is 5.92 Å². The average Bonchev–Trinajstić information content (AvgIpc) is 2.74. The van der Waals surface area contributed by atoms with Crippen LogP contribution < -0.4 is 5.32 Å². The summed E-state index contributed by atoms with van der Waals surface area (Å²) in [4.78, 5) is 0. The molecule has 1 atom stereocenters. The molecule has 0 aliphatic rings. The third kappa shape index (κ3) is 56.5. The van der Waals surface area contributed by atoms with Crippen molar-refractivity contribution in [2.45, 2.75) is 120 Å². The maximum atomic E-state index is 5.34. The van der Waals surface area contributed by atoms with Gasteiger partial charge in [-0.05, 0) is 70.9 Å². The van der Waals surface area contributed by atoms with Crippen LogP contribution in [0.25, 0.3) is 0 Å². The van der Waals surface area contributed by atoms with Crippen molar-refractivity contribution in [3.05, 3.63) is 0 Å². The lowest BCUT2D eigenvalue weighted by atomic mass is 10.2. The monoisotopic (exact) mass is 435 g/mol. The summed E-state index contributed by atoms with van der Waals surface area (Å²) in [7, 11) is 0. The molecule has 0 aromatic rings. The predicted octanol–water partition coefficient (Wildman–Crippen LogP) is 7.50. The fourth-order valence-electron chi connectivity index (χ4n) is 1.77. The summed E-state index contributed by atoms with van der Waals surface area (Å²) < 4.78 is 15.7. The Morgan fingerprint density at radius 1 is 0.567 bits per heavy atom. The van der Waals surface area contributed by atoms with Crippen LogP contribution in [0.15, 0.2) is 0 Å². The molecule has 0 spiro atoms. The first-order valence-corrected chi connectivity index (χ1v) is 12.9. The third-order valence-corrected chi connectivity index (χ3v) is 3.53. The molecular weight excluding hydrogens is 374 g/mol. The Balaban J connectivity index is -0.000000151. The minimum Gasteiger partial charge on any atom is -0.381 e. The highest BCUT2D eigenvalue weighted by Crippen LogP contribution is 1.95. The number of hydrogen-bond donors (Lipinski definition) is 1. The first-order valence-electron chi connectivity index (χ1n) is 12.9. The van der Waals surface area contributed by atoms with Crippen LogP contribution in [0, 0.1) is 5.92 Å². The van der Waals surface area contributed by atoms with E-state index >= 15 is 0 Å². The standard InChI is InChI=1S/2C7H16O.C6H15N.C6H14O/c1-4-5-8-6-7(2)3;1-4-6-8-7(3)5-2;2*1-3-5-7-6-4-2/h2*7H,4-6H2,1-3H3;7H,3-6H2,1-2H3;3-6H2,1-2H3. The van der Waals surface area contributed by atoms with Crippen LogP contribution in [0.1, 0.15) is 114 Å². The molecular formula is C26H61NO3. The molecule has 0 bridgehead atoms. The fourth-order valence-corrected chi connectivity index (χ4v) is 1.77. The largest absolute Gasteiger partial charge is 0.381 e. The van der Waals surface area contributed by atoms with Gasteiger partial charge in [-0.3, -0.25) is 0 Å². The van der Waals surface area contributed by atoms with E-state index in [1.807, 2.05) is 0 Å². The van der Waals surface area contributed by atoms with Crippen LogP contribution in [-0.2, 0) is 14.2 Å². The maximum Gasteiger partial charge on any atom is 0.0544 e. The van der Waals surface area contributed by atoms with Gasteiger partial charge in [0.1, 0.15) is 0 Å². The fraction of sp³-hybridized carbons (Fsp3) is 1.00. The van der Waals surface area contributed by atoms with Gasteiger partial charge < -0.3 is 19.5 Å². The Morgan fingerprint density at radius 2 is 1.00 bits per heavy atom. The van der Waals surface area contributed by atoms with Crippen LogP contribution >= 0.6 is 0 Å². The third-order valence-electron chi connectivity index (χ3n) is 3.53. The van der Waals surface area contributed by atoms with E-state index in [0.717, 1.165) is 65.1 Å². The maximum absolute atomic E-state index is 5.34. The van der Waals surface area contributed by atoms with Gasteiger partial charge in [-0.2, -0.15) is 0 Å². The van der Waals surface area contributed by atoms with E-state index in [2.05, 4.69) is 74.6 Å². The van der Waals surface area contributed by atoms with Crippen molar-refractivity contribution in [3.8, 4) is 0 Å². The molecule has 0 aromatic carbocycles. The molecule has 0 saturated heterocycles. The van der Waals surface area contributed by atoms with E-state index in [1.165, 1.54) is 25.9 Å². The Hall–Kier alpha value is -0.160. The van der Waals surface area contributed by atoms with E-state index in [9.17, 15) is 0 Å². The second-order valence-electron chi connectivity index (χ2n) is 7.92. The van der Waals surface area contributed by atoms with Crippen molar-refractivity contribution < 1.29 is 14.2 Å². The Bertz CT molecular complexity index is 220. The molecule has 0 heterocycles. The minimum absolute atomic E-state index is 0.454. The molecule has 1 N–H and O–H groups in total. The van der Waals surface area contributed by atoms with Gasteiger partial charge >= 0.3 is 0 Å². The quantitative estimate of drug-likeness (QED) is 0.255. The van der Waals surface area contributed by atoms with Gasteiger partial charge in [0.2, 0.25) is 0 Å². The first-order chi connectivity index (χ1) is 14.4. The minimum atomic E-state index is 0.454. The summed E-state index contributed by atoms with van der Waals surface area (Å²) in [5, 5.41) is 3.28.